The van der Waals surface area contributed by atoms with Crippen LogP contribution in [0.1, 0.15) is 40.7 Å². The largest absolute Gasteiger partial charge is 0.507 e. The number of carbonyl (C=O) groups excluding carboxylic acids is 1. The van der Waals surface area contributed by atoms with E-state index in [-0.39, 0.29) is 11.3 Å². The van der Waals surface area contributed by atoms with Gasteiger partial charge in [0.1, 0.15) is 5.75 Å². The van der Waals surface area contributed by atoms with Crippen molar-refractivity contribution >= 4 is 22.4 Å². The number of amides is 1. The monoisotopic (exact) mass is 344 g/mol. The van der Waals surface area contributed by atoms with Crippen LogP contribution < -0.4 is 5.43 Å². The first-order valence-electron chi connectivity index (χ1n) is 8.89. The first-order valence-corrected chi connectivity index (χ1v) is 8.89. The summed E-state index contributed by atoms with van der Waals surface area (Å²) in [5.41, 5.74) is 6.13. The van der Waals surface area contributed by atoms with Crippen molar-refractivity contribution in [3.63, 3.8) is 0 Å². The third-order valence-electron chi connectivity index (χ3n) is 4.84. The second-order valence-electron chi connectivity index (χ2n) is 6.58. The zero-order valence-corrected chi connectivity index (χ0v) is 14.4. The summed E-state index contributed by atoms with van der Waals surface area (Å²) in [4.78, 5) is 12.6. The van der Waals surface area contributed by atoms with Crippen LogP contribution in [0.2, 0.25) is 0 Å². The average molecular weight is 344 g/mol. The molecule has 130 valence electrons. The number of phenolic OH excluding ortho intramolecular Hbond substituents is 1. The fourth-order valence-corrected chi connectivity index (χ4v) is 3.47. The summed E-state index contributed by atoms with van der Waals surface area (Å²) in [6.45, 7) is 0. The van der Waals surface area contributed by atoms with E-state index in [4.69, 9.17) is 0 Å². The third kappa shape index (κ3) is 3.18. The molecule has 0 spiro atoms. The topological polar surface area (TPSA) is 61.7 Å². The molecule has 26 heavy (non-hydrogen) atoms. The smallest absolute Gasteiger partial charge is 0.275 e. The van der Waals surface area contributed by atoms with Crippen LogP contribution in [0.4, 0.5) is 0 Å². The van der Waals surface area contributed by atoms with Crippen LogP contribution >= 0.6 is 0 Å². The summed E-state index contributed by atoms with van der Waals surface area (Å²) in [6, 6.07) is 19.1. The SMILES string of the molecule is O=C(NN=C1CCCCc2ccccc21)c1cc2ccccc2cc1O. The molecule has 0 heterocycles. The van der Waals surface area contributed by atoms with Gasteiger partial charge in [-0.05, 0) is 54.2 Å². The van der Waals surface area contributed by atoms with Gasteiger partial charge in [-0.1, -0.05) is 48.5 Å². The Labute approximate surface area is 152 Å². The van der Waals surface area contributed by atoms with Gasteiger partial charge in [0.15, 0.2) is 0 Å². The molecule has 0 aromatic heterocycles. The Bertz CT molecular complexity index is 1010. The summed E-state index contributed by atoms with van der Waals surface area (Å²) in [5.74, 6) is -0.440. The maximum absolute atomic E-state index is 12.6. The first kappa shape index (κ1) is 16.3. The lowest BCUT2D eigenvalue weighted by Crippen LogP contribution is -2.20. The lowest BCUT2D eigenvalue weighted by Gasteiger charge is -2.09. The van der Waals surface area contributed by atoms with Gasteiger partial charge in [-0.25, -0.2) is 5.43 Å². The van der Waals surface area contributed by atoms with Crippen LogP contribution in [-0.2, 0) is 6.42 Å². The van der Waals surface area contributed by atoms with Gasteiger partial charge in [0.05, 0.1) is 11.3 Å². The van der Waals surface area contributed by atoms with Crippen molar-refractivity contribution < 1.29 is 9.90 Å². The van der Waals surface area contributed by atoms with Gasteiger partial charge in [0.25, 0.3) is 5.91 Å². The van der Waals surface area contributed by atoms with E-state index in [0.29, 0.717) is 0 Å². The van der Waals surface area contributed by atoms with E-state index in [1.165, 1.54) is 5.56 Å². The molecule has 4 rings (SSSR count). The summed E-state index contributed by atoms with van der Waals surface area (Å²) in [7, 11) is 0. The molecular weight excluding hydrogens is 324 g/mol. The maximum atomic E-state index is 12.6. The number of fused-ring (bicyclic) bond motifs is 2. The summed E-state index contributed by atoms with van der Waals surface area (Å²) >= 11 is 0. The number of hydrazone groups is 1. The predicted molar refractivity (Wildman–Crippen MR) is 104 cm³/mol. The highest BCUT2D eigenvalue weighted by atomic mass is 16.3. The molecule has 0 fully saturated rings. The number of hydrogen-bond acceptors (Lipinski definition) is 3. The zero-order valence-electron chi connectivity index (χ0n) is 14.4. The number of aryl methyl sites for hydroxylation is 1. The summed E-state index contributed by atoms with van der Waals surface area (Å²) in [6.07, 6.45) is 4.04. The third-order valence-corrected chi connectivity index (χ3v) is 4.84. The van der Waals surface area contributed by atoms with Gasteiger partial charge in [-0.3, -0.25) is 4.79 Å². The quantitative estimate of drug-likeness (QED) is 0.534. The minimum Gasteiger partial charge on any atom is -0.507 e. The molecule has 0 atom stereocenters. The van der Waals surface area contributed by atoms with Gasteiger partial charge < -0.3 is 5.11 Å². The second-order valence-corrected chi connectivity index (χ2v) is 6.58. The Hall–Kier alpha value is -3.14. The Kier molecular flexibility index (Phi) is 4.40. The number of hydrogen-bond donors (Lipinski definition) is 2. The maximum Gasteiger partial charge on any atom is 0.275 e. The fourth-order valence-electron chi connectivity index (χ4n) is 3.47. The molecule has 4 heteroatoms. The minimum absolute atomic E-state index is 0.0392. The van der Waals surface area contributed by atoms with E-state index < -0.39 is 5.91 Å². The van der Waals surface area contributed by atoms with E-state index in [0.717, 1.165) is 47.7 Å². The molecular formula is C22H20N2O2. The van der Waals surface area contributed by atoms with Crippen molar-refractivity contribution in [1.29, 1.82) is 0 Å². The van der Waals surface area contributed by atoms with Crippen LogP contribution in [0.5, 0.6) is 5.75 Å². The number of phenols is 1. The van der Waals surface area contributed by atoms with Gasteiger partial charge >= 0.3 is 0 Å². The molecule has 3 aromatic carbocycles. The Morgan fingerprint density at radius 2 is 1.62 bits per heavy atom. The molecule has 2 N–H and O–H groups in total. The van der Waals surface area contributed by atoms with Gasteiger partial charge in [0, 0.05) is 5.56 Å². The molecule has 4 nitrogen and oxygen atoms in total. The second kappa shape index (κ2) is 7.00. The van der Waals surface area contributed by atoms with Crippen molar-refractivity contribution in [2.75, 3.05) is 0 Å². The molecule has 0 saturated heterocycles. The number of benzene rings is 3. The molecule has 0 bridgehead atoms. The summed E-state index contributed by atoms with van der Waals surface area (Å²) in [5, 5.41) is 16.4. The highest BCUT2D eigenvalue weighted by Crippen LogP contribution is 2.25. The van der Waals surface area contributed by atoms with Crippen LogP contribution in [0, 0.1) is 0 Å². The highest BCUT2D eigenvalue weighted by molar-refractivity contribution is 6.05. The number of rotatable bonds is 2. The van der Waals surface area contributed by atoms with Crippen molar-refractivity contribution in [2.24, 2.45) is 5.10 Å². The van der Waals surface area contributed by atoms with E-state index >= 15 is 0 Å². The predicted octanol–water partition coefficient (Wildman–Crippen LogP) is 4.41. The molecule has 0 unspecified atom stereocenters. The lowest BCUT2D eigenvalue weighted by atomic mass is 10.0. The van der Waals surface area contributed by atoms with Gasteiger partial charge in [0.2, 0.25) is 0 Å². The Morgan fingerprint density at radius 1 is 0.923 bits per heavy atom. The number of carbonyl (C=O) groups is 1. The van der Waals surface area contributed by atoms with Crippen LogP contribution in [0.15, 0.2) is 65.8 Å². The lowest BCUT2D eigenvalue weighted by molar-refractivity contribution is 0.0952. The molecule has 3 aromatic rings. The summed E-state index contributed by atoms with van der Waals surface area (Å²) < 4.78 is 0. The van der Waals surface area contributed by atoms with E-state index in [1.807, 2.05) is 36.4 Å². The fraction of sp³-hybridized carbons (Fsp3) is 0.182. The standard InChI is InChI=1S/C22H20N2O2/c25-21-14-17-10-2-1-9-16(17)13-19(21)22(26)24-23-20-12-6-4-8-15-7-3-5-11-18(15)20/h1-3,5,7,9-11,13-14,25H,4,6,8,12H2,(H,24,26). The first-order chi connectivity index (χ1) is 12.7. The van der Waals surface area contributed by atoms with E-state index in [1.54, 1.807) is 12.1 Å². The molecule has 1 aliphatic rings. The van der Waals surface area contributed by atoms with E-state index in [2.05, 4.69) is 22.7 Å². The van der Waals surface area contributed by atoms with Gasteiger partial charge in [-0.15, -0.1) is 0 Å². The average Bonchev–Trinajstić information content (AvgIpc) is 2.88. The Balaban J connectivity index is 1.63. The number of nitrogens with one attached hydrogen (secondary N) is 1. The van der Waals surface area contributed by atoms with Gasteiger partial charge in [-0.2, -0.15) is 5.10 Å². The van der Waals surface area contributed by atoms with Crippen molar-refractivity contribution in [3.8, 4) is 5.75 Å². The Morgan fingerprint density at radius 3 is 2.46 bits per heavy atom. The zero-order chi connectivity index (χ0) is 17.9. The normalized spacial score (nSPS) is 15.5. The highest BCUT2D eigenvalue weighted by Gasteiger charge is 2.15. The molecule has 0 saturated carbocycles. The molecule has 1 amide bonds. The number of aromatic hydroxyl groups is 1. The molecule has 1 aliphatic carbocycles. The van der Waals surface area contributed by atoms with E-state index in [9.17, 15) is 9.90 Å². The van der Waals surface area contributed by atoms with Crippen LogP contribution in [-0.4, -0.2) is 16.7 Å². The van der Waals surface area contributed by atoms with Crippen LogP contribution in [0.25, 0.3) is 10.8 Å². The number of nitrogens with zero attached hydrogens (tertiary/aromatic N) is 1. The minimum atomic E-state index is -0.400. The molecule has 0 aliphatic heterocycles. The van der Waals surface area contributed by atoms with Crippen molar-refractivity contribution in [1.82, 2.24) is 5.43 Å². The molecule has 0 radical (unpaired) electrons. The van der Waals surface area contributed by atoms with Crippen LogP contribution in [0.3, 0.4) is 0 Å². The van der Waals surface area contributed by atoms with Crippen molar-refractivity contribution in [3.05, 3.63) is 77.4 Å². The van der Waals surface area contributed by atoms with Crippen molar-refractivity contribution in [2.45, 2.75) is 25.7 Å².